The van der Waals surface area contributed by atoms with Gasteiger partial charge in [-0.25, -0.2) is 9.80 Å². The molecule has 10 nitrogen and oxygen atoms in total. The second kappa shape index (κ2) is 12.5. The van der Waals surface area contributed by atoms with E-state index in [2.05, 4.69) is 13.8 Å². The maximum atomic E-state index is 13.2. The van der Waals surface area contributed by atoms with E-state index in [1.54, 1.807) is 36.4 Å². The molecule has 8 rings (SSSR count). The minimum atomic E-state index is -0.466. The van der Waals surface area contributed by atoms with Crippen molar-refractivity contribution in [2.75, 3.05) is 9.80 Å². The largest absolute Gasteiger partial charge is 0.508 e. The first-order chi connectivity index (χ1) is 25.5. The van der Waals surface area contributed by atoms with Crippen molar-refractivity contribution in [3.05, 3.63) is 167 Å². The van der Waals surface area contributed by atoms with E-state index in [9.17, 15) is 29.4 Å². The summed E-state index contributed by atoms with van der Waals surface area (Å²) in [7, 11) is 0. The molecule has 2 heterocycles. The quantitative estimate of drug-likeness (QED) is 0.151. The molecule has 0 unspecified atom stereocenters. The van der Waals surface area contributed by atoms with Crippen LogP contribution in [-0.4, -0.2) is 33.8 Å². The molecule has 0 spiro atoms. The van der Waals surface area contributed by atoms with Crippen molar-refractivity contribution in [3.63, 3.8) is 0 Å². The Morgan fingerprint density at radius 2 is 0.736 bits per heavy atom. The molecule has 260 valence electrons. The average Bonchev–Trinajstić information content (AvgIpc) is 3.55. The van der Waals surface area contributed by atoms with Gasteiger partial charge in [-0.3, -0.25) is 19.2 Å². The molecule has 0 aromatic heterocycles. The predicted molar refractivity (Wildman–Crippen MR) is 197 cm³/mol. The third-order valence-electron chi connectivity index (χ3n) is 9.56. The van der Waals surface area contributed by atoms with Crippen LogP contribution in [0.4, 0.5) is 11.4 Å². The molecule has 0 saturated heterocycles. The van der Waals surface area contributed by atoms with Crippen LogP contribution in [0.15, 0.2) is 133 Å². The van der Waals surface area contributed by atoms with Crippen LogP contribution in [-0.2, 0) is 5.41 Å². The summed E-state index contributed by atoms with van der Waals surface area (Å²) in [5.74, 6) is 0.194. The molecule has 2 aliphatic heterocycles. The van der Waals surface area contributed by atoms with Crippen molar-refractivity contribution in [1.82, 2.24) is 0 Å². The second-order valence-electron chi connectivity index (χ2n) is 13.2. The standard InChI is InChI=1S/C43H30N2O8/c1-43(2,25-3-15-31(16-4-25)52-33-19-21-35-37(23-33)41(50)44(39(35)48)27-7-11-29(46)12-8-27)26-5-17-32(18-6-26)53-34-20-22-36-38(24-34)42(51)45(40(36)49)28-9-13-30(47)14-10-28/h3-24,46-47H,1-2H3. The normalized spacial score (nSPS) is 13.7. The highest BCUT2D eigenvalue weighted by molar-refractivity contribution is 6.35. The maximum Gasteiger partial charge on any atom is 0.266 e. The Bertz CT molecular complexity index is 2280. The molecule has 0 atom stereocenters. The molecule has 53 heavy (non-hydrogen) atoms. The number of anilines is 2. The number of nitrogens with zero attached hydrogens (tertiary/aromatic N) is 2. The number of aromatic hydroxyl groups is 2. The number of hydrogen-bond acceptors (Lipinski definition) is 8. The first-order valence-corrected chi connectivity index (χ1v) is 16.7. The van der Waals surface area contributed by atoms with E-state index < -0.39 is 29.0 Å². The highest BCUT2D eigenvalue weighted by atomic mass is 16.5. The third kappa shape index (κ3) is 5.81. The van der Waals surface area contributed by atoms with Crippen LogP contribution < -0.4 is 19.3 Å². The molecule has 0 aliphatic carbocycles. The van der Waals surface area contributed by atoms with Gasteiger partial charge in [0.2, 0.25) is 0 Å². The van der Waals surface area contributed by atoms with Gasteiger partial charge in [-0.05, 0) is 120 Å². The molecule has 4 amide bonds. The number of ether oxygens (including phenoxy) is 2. The third-order valence-corrected chi connectivity index (χ3v) is 9.56. The van der Waals surface area contributed by atoms with Gasteiger partial charge in [-0.15, -0.1) is 0 Å². The fourth-order valence-corrected chi connectivity index (χ4v) is 6.56. The van der Waals surface area contributed by atoms with Gasteiger partial charge in [0.05, 0.1) is 33.6 Å². The van der Waals surface area contributed by atoms with Gasteiger partial charge in [0.1, 0.15) is 34.5 Å². The molecule has 0 fully saturated rings. The molecule has 10 heteroatoms. The Kier molecular flexibility index (Phi) is 7.80. The number of hydrogen-bond donors (Lipinski definition) is 2. The van der Waals surface area contributed by atoms with Gasteiger partial charge in [0, 0.05) is 5.41 Å². The zero-order chi connectivity index (χ0) is 37.0. The molecule has 0 saturated carbocycles. The SMILES string of the molecule is CC(C)(c1ccc(Oc2ccc3c(c2)C(=O)N(c2ccc(O)cc2)C3=O)cc1)c1ccc(Oc2ccc3c(c2)C(=O)N(c2ccc(O)cc2)C3=O)cc1. The molecule has 0 radical (unpaired) electrons. The Balaban J connectivity index is 0.935. The predicted octanol–water partition coefficient (Wildman–Crippen LogP) is 8.61. The lowest BCUT2D eigenvalue weighted by Crippen LogP contribution is -2.29. The Morgan fingerprint density at radius 1 is 0.415 bits per heavy atom. The number of carbonyl (C=O) groups is 4. The monoisotopic (exact) mass is 702 g/mol. The number of carbonyl (C=O) groups excluding carboxylic acids is 4. The van der Waals surface area contributed by atoms with Crippen molar-refractivity contribution in [2.45, 2.75) is 19.3 Å². The average molecular weight is 703 g/mol. The van der Waals surface area contributed by atoms with Crippen molar-refractivity contribution < 1.29 is 38.9 Å². The van der Waals surface area contributed by atoms with E-state index in [1.165, 1.54) is 48.5 Å². The fourth-order valence-electron chi connectivity index (χ4n) is 6.56. The zero-order valence-corrected chi connectivity index (χ0v) is 28.4. The highest BCUT2D eigenvalue weighted by Gasteiger charge is 2.38. The van der Waals surface area contributed by atoms with Crippen molar-refractivity contribution >= 4 is 35.0 Å². The van der Waals surface area contributed by atoms with Crippen LogP contribution in [0.5, 0.6) is 34.5 Å². The zero-order valence-electron chi connectivity index (χ0n) is 28.4. The molecule has 0 bridgehead atoms. The second-order valence-corrected chi connectivity index (χ2v) is 13.2. The summed E-state index contributed by atoms with van der Waals surface area (Å²) in [6.45, 7) is 4.20. The summed E-state index contributed by atoms with van der Waals surface area (Å²) in [5, 5.41) is 19.2. The van der Waals surface area contributed by atoms with Gasteiger partial charge in [0.25, 0.3) is 23.6 Å². The van der Waals surface area contributed by atoms with Crippen LogP contribution in [0, 0.1) is 0 Å². The van der Waals surface area contributed by atoms with Gasteiger partial charge in [0.15, 0.2) is 0 Å². The number of imide groups is 2. The molecular weight excluding hydrogens is 672 g/mol. The lowest BCUT2D eigenvalue weighted by Gasteiger charge is -2.26. The summed E-state index contributed by atoms with van der Waals surface area (Å²) in [6, 6.07) is 36.6. The summed E-state index contributed by atoms with van der Waals surface area (Å²) in [4.78, 5) is 54.5. The van der Waals surface area contributed by atoms with E-state index in [1.807, 2.05) is 48.5 Å². The first kappa shape index (κ1) is 33.0. The number of phenols is 2. The van der Waals surface area contributed by atoms with Crippen LogP contribution in [0.25, 0.3) is 0 Å². The van der Waals surface area contributed by atoms with Crippen LogP contribution in [0.1, 0.15) is 66.4 Å². The van der Waals surface area contributed by atoms with E-state index in [4.69, 9.17) is 9.47 Å². The number of benzene rings is 6. The minimum absolute atomic E-state index is 0.0349. The number of fused-ring (bicyclic) bond motifs is 2. The first-order valence-electron chi connectivity index (χ1n) is 16.7. The summed E-state index contributed by atoms with van der Waals surface area (Å²) in [5.41, 5.74) is 3.43. The molecule has 6 aromatic carbocycles. The van der Waals surface area contributed by atoms with E-state index >= 15 is 0 Å². The maximum absolute atomic E-state index is 13.2. The van der Waals surface area contributed by atoms with Crippen LogP contribution >= 0.6 is 0 Å². The van der Waals surface area contributed by atoms with Gasteiger partial charge in [-0.1, -0.05) is 38.1 Å². The number of rotatable bonds is 8. The lowest BCUT2D eigenvalue weighted by molar-refractivity contribution is 0.0910. The van der Waals surface area contributed by atoms with Crippen LogP contribution in [0.2, 0.25) is 0 Å². The summed E-state index contributed by atoms with van der Waals surface area (Å²) >= 11 is 0. The lowest BCUT2D eigenvalue weighted by atomic mass is 9.78. The van der Waals surface area contributed by atoms with E-state index in [-0.39, 0.29) is 33.8 Å². The Morgan fingerprint density at radius 3 is 1.09 bits per heavy atom. The van der Waals surface area contributed by atoms with E-state index in [0.29, 0.717) is 34.4 Å². The summed E-state index contributed by atoms with van der Waals surface area (Å²) in [6.07, 6.45) is 0. The highest BCUT2D eigenvalue weighted by Crippen LogP contribution is 2.37. The fraction of sp³-hybridized carbons (Fsp3) is 0.0698. The van der Waals surface area contributed by atoms with Gasteiger partial charge < -0.3 is 19.7 Å². The summed E-state index contributed by atoms with van der Waals surface area (Å²) < 4.78 is 12.2. The Hall–Kier alpha value is -7.20. The van der Waals surface area contributed by atoms with E-state index in [0.717, 1.165) is 20.9 Å². The molecule has 6 aromatic rings. The van der Waals surface area contributed by atoms with Crippen molar-refractivity contribution in [1.29, 1.82) is 0 Å². The Labute approximate surface area is 303 Å². The number of amides is 4. The van der Waals surface area contributed by atoms with Gasteiger partial charge in [-0.2, -0.15) is 0 Å². The van der Waals surface area contributed by atoms with Crippen molar-refractivity contribution in [2.24, 2.45) is 0 Å². The van der Waals surface area contributed by atoms with Gasteiger partial charge >= 0.3 is 0 Å². The topological polar surface area (TPSA) is 134 Å². The minimum Gasteiger partial charge on any atom is -0.508 e. The van der Waals surface area contributed by atoms with Crippen LogP contribution in [0.3, 0.4) is 0 Å². The number of phenolic OH excluding ortho intramolecular Hbond substituents is 2. The van der Waals surface area contributed by atoms with Crippen molar-refractivity contribution in [3.8, 4) is 34.5 Å². The smallest absolute Gasteiger partial charge is 0.266 e. The molecule has 2 N–H and O–H groups in total. The molecular formula is C43H30N2O8. The molecule has 2 aliphatic rings.